The second-order valence-electron chi connectivity index (χ2n) is 3.03. The molecule has 0 radical (unpaired) electrons. The maximum absolute atomic E-state index is 5.37. The van der Waals surface area contributed by atoms with E-state index in [9.17, 15) is 0 Å². The van der Waals surface area contributed by atoms with Gasteiger partial charge in [-0.25, -0.2) is 0 Å². The summed E-state index contributed by atoms with van der Waals surface area (Å²) in [4.78, 5) is 0. The molecule has 0 bridgehead atoms. The van der Waals surface area contributed by atoms with E-state index in [0.717, 1.165) is 0 Å². The van der Waals surface area contributed by atoms with Crippen LogP contribution in [0.2, 0.25) is 0 Å². The quantitative estimate of drug-likeness (QED) is 0.697. The van der Waals surface area contributed by atoms with Gasteiger partial charge >= 0.3 is 6.01 Å². The highest BCUT2D eigenvalue weighted by atomic mass is 16.4. The van der Waals surface area contributed by atoms with Gasteiger partial charge in [0.1, 0.15) is 0 Å². The fraction of sp³-hybridized carbons (Fsp3) is 0.375. The Kier molecular flexibility index (Phi) is 1.84. The molecule has 2 aromatic rings. The Bertz CT molecular complexity index is 377. The highest BCUT2D eigenvalue weighted by Gasteiger charge is 2.10. The Hall–Kier alpha value is -1.65. The van der Waals surface area contributed by atoms with Crippen LogP contribution in [-0.4, -0.2) is 20.0 Å². The third-order valence-electron chi connectivity index (χ3n) is 1.62. The number of aromatic nitrogens is 4. The van der Waals surface area contributed by atoms with E-state index >= 15 is 0 Å². The third kappa shape index (κ3) is 1.44. The van der Waals surface area contributed by atoms with Gasteiger partial charge in [0.2, 0.25) is 5.89 Å². The molecule has 5 heteroatoms. The zero-order valence-electron chi connectivity index (χ0n) is 7.51. The molecule has 0 aliphatic heterocycles. The van der Waals surface area contributed by atoms with Gasteiger partial charge in [0.25, 0.3) is 0 Å². The van der Waals surface area contributed by atoms with E-state index in [1.807, 2.05) is 13.8 Å². The lowest BCUT2D eigenvalue weighted by Gasteiger charge is -1.94. The van der Waals surface area contributed by atoms with E-state index in [2.05, 4.69) is 15.3 Å². The van der Waals surface area contributed by atoms with Gasteiger partial charge in [0.05, 0.1) is 0 Å². The molecule has 0 aliphatic rings. The van der Waals surface area contributed by atoms with Crippen molar-refractivity contribution in [2.75, 3.05) is 0 Å². The molecular formula is C8H10N4O. The molecule has 0 amide bonds. The van der Waals surface area contributed by atoms with Gasteiger partial charge in [-0.15, -0.1) is 5.10 Å². The molecule has 0 atom stereocenters. The van der Waals surface area contributed by atoms with Crippen LogP contribution >= 0.6 is 0 Å². The average Bonchev–Trinajstić information content (AvgIpc) is 2.75. The monoisotopic (exact) mass is 178 g/mol. The van der Waals surface area contributed by atoms with Crippen molar-refractivity contribution >= 4 is 0 Å². The maximum Gasteiger partial charge on any atom is 0.343 e. The van der Waals surface area contributed by atoms with E-state index in [4.69, 9.17) is 4.42 Å². The van der Waals surface area contributed by atoms with Gasteiger partial charge in [-0.2, -0.15) is 9.78 Å². The van der Waals surface area contributed by atoms with Crippen LogP contribution in [0.4, 0.5) is 0 Å². The first kappa shape index (κ1) is 7.97. The van der Waals surface area contributed by atoms with Crippen LogP contribution in [-0.2, 0) is 0 Å². The minimum atomic E-state index is 0.247. The normalized spacial score (nSPS) is 11.0. The van der Waals surface area contributed by atoms with Gasteiger partial charge in [0.15, 0.2) is 0 Å². The lowest BCUT2D eigenvalue weighted by molar-refractivity contribution is 0.445. The summed E-state index contributed by atoms with van der Waals surface area (Å²) in [5, 5.41) is 11.7. The molecule has 0 aromatic carbocycles. The summed E-state index contributed by atoms with van der Waals surface area (Å²) in [5.74, 6) is 0.877. The van der Waals surface area contributed by atoms with Crippen LogP contribution < -0.4 is 0 Å². The molecule has 2 aromatic heterocycles. The van der Waals surface area contributed by atoms with Crippen molar-refractivity contribution in [3.63, 3.8) is 0 Å². The number of hydrogen-bond donors (Lipinski definition) is 0. The first-order chi connectivity index (χ1) is 6.27. The first-order valence-electron chi connectivity index (χ1n) is 4.11. The van der Waals surface area contributed by atoms with E-state index in [1.54, 1.807) is 23.1 Å². The van der Waals surface area contributed by atoms with Crippen LogP contribution in [0, 0.1) is 0 Å². The van der Waals surface area contributed by atoms with E-state index in [-0.39, 0.29) is 5.92 Å². The minimum Gasteiger partial charge on any atom is -0.406 e. The summed E-state index contributed by atoms with van der Waals surface area (Å²) < 4.78 is 6.91. The molecule has 2 heterocycles. The molecule has 0 N–H and O–H groups in total. The lowest BCUT2D eigenvalue weighted by atomic mass is 10.2. The SMILES string of the molecule is CC(C)c1nnc(-n2cccn2)o1. The summed E-state index contributed by atoms with van der Waals surface area (Å²) in [6.07, 6.45) is 3.43. The van der Waals surface area contributed by atoms with Crippen molar-refractivity contribution < 1.29 is 4.42 Å². The van der Waals surface area contributed by atoms with Crippen molar-refractivity contribution in [1.82, 2.24) is 20.0 Å². The summed E-state index contributed by atoms with van der Waals surface area (Å²) in [6.45, 7) is 4.00. The van der Waals surface area contributed by atoms with Gasteiger partial charge in [-0.3, -0.25) is 0 Å². The molecule has 5 nitrogen and oxygen atoms in total. The van der Waals surface area contributed by atoms with E-state index in [1.165, 1.54) is 0 Å². The molecule has 13 heavy (non-hydrogen) atoms. The van der Waals surface area contributed by atoms with E-state index < -0.39 is 0 Å². The van der Waals surface area contributed by atoms with Crippen LogP contribution in [0.25, 0.3) is 6.01 Å². The summed E-state index contributed by atoms with van der Waals surface area (Å²) in [7, 11) is 0. The second-order valence-corrected chi connectivity index (χ2v) is 3.03. The van der Waals surface area contributed by atoms with Crippen LogP contribution in [0.15, 0.2) is 22.9 Å². The highest BCUT2D eigenvalue weighted by molar-refractivity contribution is 5.03. The molecular weight excluding hydrogens is 168 g/mol. The van der Waals surface area contributed by atoms with Gasteiger partial charge < -0.3 is 4.42 Å². The standard InChI is InChI=1S/C8H10N4O/c1-6(2)7-10-11-8(13-7)12-5-3-4-9-12/h3-6H,1-2H3. The molecule has 0 aliphatic carbocycles. The summed E-state index contributed by atoms with van der Waals surface area (Å²) in [6, 6.07) is 2.22. The molecule has 2 rings (SSSR count). The van der Waals surface area contributed by atoms with Crippen molar-refractivity contribution in [1.29, 1.82) is 0 Å². The van der Waals surface area contributed by atoms with Crippen LogP contribution in [0.1, 0.15) is 25.7 Å². The topological polar surface area (TPSA) is 56.7 Å². The van der Waals surface area contributed by atoms with Crippen molar-refractivity contribution in [2.45, 2.75) is 19.8 Å². The maximum atomic E-state index is 5.37. The van der Waals surface area contributed by atoms with Crippen molar-refractivity contribution in [3.05, 3.63) is 24.4 Å². The zero-order chi connectivity index (χ0) is 9.26. The average molecular weight is 178 g/mol. The Morgan fingerprint density at radius 3 is 2.77 bits per heavy atom. The van der Waals surface area contributed by atoms with Crippen LogP contribution in [0.5, 0.6) is 0 Å². The van der Waals surface area contributed by atoms with Crippen molar-refractivity contribution in [3.8, 4) is 6.01 Å². The lowest BCUT2D eigenvalue weighted by Crippen LogP contribution is -1.93. The second kappa shape index (κ2) is 3.01. The molecule has 0 fully saturated rings. The molecule has 0 saturated heterocycles. The largest absolute Gasteiger partial charge is 0.406 e. The summed E-state index contributed by atoms with van der Waals surface area (Å²) >= 11 is 0. The molecule has 0 saturated carbocycles. The third-order valence-corrected chi connectivity index (χ3v) is 1.62. The van der Waals surface area contributed by atoms with Crippen molar-refractivity contribution in [2.24, 2.45) is 0 Å². The van der Waals surface area contributed by atoms with Crippen LogP contribution in [0.3, 0.4) is 0 Å². The predicted molar refractivity (Wildman–Crippen MR) is 45.5 cm³/mol. The Labute approximate surface area is 75.4 Å². The van der Waals surface area contributed by atoms with E-state index in [0.29, 0.717) is 11.9 Å². The highest BCUT2D eigenvalue weighted by Crippen LogP contribution is 2.13. The minimum absolute atomic E-state index is 0.247. The Morgan fingerprint density at radius 2 is 2.23 bits per heavy atom. The fourth-order valence-corrected chi connectivity index (χ4v) is 0.934. The predicted octanol–water partition coefficient (Wildman–Crippen LogP) is 1.38. The van der Waals surface area contributed by atoms with Gasteiger partial charge in [0, 0.05) is 18.3 Å². The smallest absolute Gasteiger partial charge is 0.343 e. The Balaban J connectivity index is 2.33. The first-order valence-corrected chi connectivity index (χ1v) is 4.11. The molecule has 68 valence electrons. The Morgan fingerprint density at radius 1 is 1.38 bits per heavy atom. The fourth-order valence-electron chi connectivity index (χ4n) is 0.934. The number of nitrogens with zero attached hydrogens (tertiary/aromatic N) is 4. The number of hydrogen-bond acceptors (Lipinski definition) is 4. The molecule has 0 unspecified atom stereocenters. The summed E-state index contributed by atoms with van der Waals surface area (Å²) in [5.41, 5.74) is 0. The number of rotatable bonds is 2. The van der Waals surface area contributed by atoms with Gasteiger partial charge in [-0.05, 0) is 6.07 Å². The zero-order valence-corrected chi connectivity index (χ0v) is 7.51. The van der Waals surface area contributed by atoms with Gasteiger partial charge in [-0.1, -0.05) is 18.9 Å². The molecule has 0 spiro atoms.